The molecule has 9 nitrogen and oxygen atoms in total. The molecular formula is C12H14N6O3S. The van der Waals surface area contributed by atoms with Crippen molar-refractivity contribution in [2.24, 2.45) is 7.05 Å². The van der Waals surface area contributed by atoms with Gasteiger partial charge in [-0.3, -0.25) is 14.9 Å². The minimum atomic E-state index is -0.470. The smallest absolute Gasteiger partial charge is 0.274 e. The molecular weight excluding hydrogens is 308 g/mol. The predicted octanol–water partition coefficient (Wildman–Crippen LogP) is 1.55. The SMILES string of the molecule is Cc1ccc(NC(=O)CCSc2nnnn2C)cc1[N+](=O)[O-]. The van der Waals surface area contributed by atoms with Gasteiger partial charge in [0.05, 0.1) is 4.92 Å². The molecule has 2 rings (SSSR count). The number of aryl methyl sites for hydroxylation is 2. The van der Waals surface area contributed by atoms with Gasteiger partial charge in [-0.1, -0.05) is 17.8 Å². The first-order valence-corrected chi connectivity index (χ1v) is 7.36. The highest BCUT2D eigenvalue weighted by atomic mass is 32.2. The first-order chi connectivity index (χ1) is 10.5. The maximum Gasteiger partial charge on any atom is 0.274 e. The van der Waals surface area contributed by atoms with E-state index in [1.807, 2.05) is 0 Å². The molecule has 10 heteroatoms. The van der Waals surface area contributed by atoms with Gasteiger partial charge in [0.15, 0.2) is 0 Å². The third-order valence-corrected chi connectivity index (χ3v) is 3.84. The zero-order chi connectivity index (χ0) is 16.1. The van der Waals surface area contributed by atoms with E-state index in [9.17, 15) is 14.9 Å². The molecule has 1 N–H and O–H groups in total. The Labute approximate surface area is 130 Å². The summed E-state index contributed by atoms with van der Waals surface area (Å²) in [7, 11) is 1.72. The fourth-order valence-corrected chi connectivity index (χ4v) is 2.47. The zero-order valence-corrected chi connectivity index (χ0v) is 12.8. The Morgan fingerprint density at radius 3 is 2.91 bits per heavy atom. The van der Waals surface area contributed by atoms with Crippen molar-refractivity contribution in [2.45, 2.75) is 18.5 Å². The first-order valence-electron chi connectivity index (χ1n) is 6.37. The van der Waals surface area contributed by atoms with Gasteiger partial charge in [-0.2, -0.15) is 0 Å². The summed E-state index contributed by atoms with van der Waals surface area (Å²) in [5.74, 6) is 0.286. The van der Waals surface area contributed by atoms with Crippen LogP contribution in [0.3, 0.4) is 0 Å². The summed E-state index contributed by atoms with van der Waals surface area (Å²) in [6.07, 6.45) is 0.249. The molecule has 0 aliphatic rings. The summed E-state index contributed by atoms with van der Waals surface area (Å²) in [5, 5.41) is 25.1. The molecule has 1 aromatic carbocycles. The number of aromatic nitrogens is 4. The van der Waals surface area contributed by atoms with Gasteiger partial charge in [0.1, 0.15) is 0 Å². The Balaban J connectivity index is 1.88. The number of hydrogen-bond acceptors (Lipinski definition) is 7. The monoisotopic (exact) mass is 322 g/mol. The van der Waals surface area contributed by atoms with Gasteiger partial charge in [-0.05, 0) is 23.4 Å². The van der Waals surface area contributed by atoms with Crippen molar-refractivity contribution in [3.63, 3.8) is 0 Å². The van der Waals surface area contributed by atoms with Crippen molar-refractivity contribution < 1.29 is 9.72 Å². The highest BCUT2D eigenvalue weighted by Gasteiger charge is 2.12. The number of nitro benzene ring substituents is 1. The van der Waals surface area contributed by atoms with Gasteiger partial charge in [0.2, 0.25) is 11.1 Å². The Morgan fingerprint density at radius 2 is 2.27 bits per heavy atom. The van der Waals surface area contributed by atoms with E-state index >= 15 is 0 Å². The minimum Gasteiger partial charge on any atom is -0.326 e. The van der Waals surface area contributed by atoms with Gasteiger partial charge in [-0.15, -0.1) is 5.10 Å². The Morgan fingerprint density at radius 1 is 1.50 bits per heavy atom. The molecule has 1 amide bonds. The maximum absolute atomic E-state index is 11.8. The maximum atomic E-state index is 11.8. The molecule has 2 aromatic rings. The van der Waals surface area contributed by atoms with Gasteiger partial charge in [0, 0.05) is 36.5 Å². The fourth-order valence-electron chi connectivity index (χ4n) is 1.69. The van der Waals surface area contributed by atoms with E-state index in [0.717, 1.165) is 0 Å². The molecule has 1 aromatic heterocycles. The molecule has 116 valence electrons. The Kier molecular flexibility index (Phi) is 5.04. The van der Waals surface area contributed by atoms with E-state index in [4.69, 9.17) is 0 Å². The molecule has 0 fully saturated rings. The number of nitro groups is 1. The molecule has 0 saturated carbocycles. The normalized spacial score (nSPS) is 10.5. The molecule has 22 heavy (non-hydrogen) atoms. The molecule has 0 atom stereocenters. The number of thioether (sulfide) groups is 1. The number of carbonyl (C=O) groups excluding carboxylic acids is 1. The average Bonchev–Trinajstić information content (AvgIpc) is 2.86. The third-order valence-electron chi connectivity index (χ3n) is 2.83. The second kappa shape index (κ2) is 6.98. The number of hydrogen-bond donors (Lipinski definition) is 1. The molecule has 0 bridgehead atoms. The van der Waals surface area contributed by atoms with Crippen LogP contribution < -0.4 is 5.32 Å². The molecule has 0 radical (unpaired) electrons. The minimum absolute atomic E-state index is 0.0164. The van der Waals surface area contributed by atoms with Crippen molar-refractivity contribution in [1.29, 1.82) is 0 Å². The van der Waals surface area contributed by atoms with Crippen molar-refractivity contribution in [3.05, 3.63) is 33.9 Å². The zero-order valence-electron chi connectivity index (χ0n) is 12.0. The topological polar surface area (TPSA) is 116 Å². The van der Waals surface area contributed by atoms with E-state index in [2.05, 4.69) is 20.8 Å². The van der Waals surface area contributed by atoms with Crippen LogP contribution >= 0.6 is 11.8 Å². The average molecular weight is 322 g/mol. The lowest BCUT2D eigenvalue weighted by atomic mass is 10.2. The molecule has 0 saturated heterocycles. The summed E-state index contributed by atoms with van der Waals surface area (Å²) in [6, 6.07) is 4.60. The number of rotatable bonds is 6. The largest absolute Gasteiger partial charge is 0.326 e. The van der Waals surface area contributed by atoms with Crippen molar-refractivity contribution >= 4 is 29.0 Å². The Bertz CT molecular complexity index is 702. The lowest BCUT2D eigenvalue weighted by molar-refractivity contribution is -0.385. The van der Waals surface area contributed by atoms with Gasteiger partial charge in [0.25, 0.3) is 5.69 Å². The van der Waals surface area contributed by atoms with Crippen LogP contribution in [0.1, 0.15) is 12.0 Å². The number of tetrazole rings is 1. The first kappa shape index (κ1) is 15.9. The van der Waals surface area contributed by atoms with Gasteiger partial charge in [-0.25, -0.2) is 4.68 Å². The van der Waals surface area contributed by atoms with Crippen LogP contribution in [0.2, 0.25) is 0 Å². The quantitative estimate of drug-likeness (QED) is 0.487. The number of amides is 1. The molecule has 0 aliphatic heterocycles. The van der Waals surface area contributed by atoms with E-state index in [0.29, 0.717) is 22.2 Å². The lowest BCUT2D eigenvalue weighted by Gasteiger charge is -2.06. The van der Waals surface area contributed by atoms with E-state index < -0.39 is 4.92 Å². The molecule has 0 unspecified atom stereocenters. The van der Waals surface area contributed by atoms with Crippen molar-refractivity contribution in [3.8, 4) is 0 Å². The molecule has 0 aliphatic carbocycles. The van der Waals surface area contributed by atoms with Crippen LogP contribution in [0.15, 0.2) is 23.4 Å². The van der Waals surface area contributed by atoms with Crippen LogP contribution in [0, 0.1) is 17.0 Å². The van der Waals surface area contributed by atoms with E-state index in [1.54, 1.807) is 26.1 Å². The number of nitrogens with one attached hydrogen (secondary N) is 1. The lowest BCUT2D eigenvalue weighted by Crippen LogP contribution is -2.12. The van der Waals surface area contributed by atoms with Crippen LogP contribution in [-0.4, -0.2) is 36.8 Å². The number of nitrogens with zero attached hydrogens (tertiary/aromatic N) is 5. The summed E-state index contributed by atoms with van der Waals surface area (Å²) < 4.78 is 1.52. The predicted molar refractivity (Wildman–Crippen MR) is 80.6 cm³/mol. The summed E-state index contributed by atoms with van der Waals surface area (Å²) >= 11 is 1.36. The highest BCUT2D eigenvalue weighted by molar-refractivity contribution is 7.99. The third kappa shape index (κ3) is 4.01. The second-order valence-corrected chi connectivity index (χ2v) is 5.55. The van der Waals surface area contributed by atoms with Crippen LogP contribution in [0.4, 0.5) is 11.4 Å². The molecule has 1 heterocycles. The van der Waals surface area contributed by atoms with E-state index in [1.165, 1.54) is 22.5 Å². The number of carbonyl (C=O) groups is 1. The van der Waals surface area contributed by atoms with Gasteiger partial charge < -0.3 is 5.32 Å². The standard InChI is InChI=1S/C12H14N6O3S/c1-8-3-4-9(7-10(8)18(20)21)13-11(19)5-6-22-12-14-15-16-17(12)2/h3-4,7H,5-6H2,1-2H3,(H,13,19). The van der Waals surface area contributed by atoms with Gasteiger partial charge >= 0.3 is 0 Å². The second-order valence-electron chi connectivity index (χ2n) is 4.49. The van der Waals surface area contributed by atoms with Crippen LogP contribution in [0.5, 0.6) is 0 Å². The van der Waals surface area contributed by atoms with Crippen LogP contribution in [0.25, 0.3) is 0 Å². The Hall–Kier alpha value is -2.49. The van der Waals surface area contributed by atoms with Crippen molar-refractivity contribution in [2.75, 3.05) is 11.1 Å². The van der Waals surface area contributed by atoms with Crippen molar-refractivity contribution in [1.82, 2.24) is 20.2 Å². The summed E-state index contributed by atoms with van der Waals surface area (Å²) in [6.45, 7) is 1.65. The van der Waals surface area contributed by atoms with Crippen LogP contribution in [-0.2, 0) is 11.8 Å². The summed E-state index contributed by atoms with van der Waals surface area (Å²) in [4.78, 5) is 22.2. The fraction of sp³-hybridized carbons (Fsp3) is 0.333. The number of anilines is 1. The van der Waals surface area contributed by atoms with E-state index in [-0.39, 0.29) is 18.0 Å². The number of benzene rings is 1. The molecule has 0 spiro atoms. The summed E-state index contributed by atoms with van der Waals surface area (Å²) in [5.41, 5.74) is 0.943. The highest BCUT2D eigenvalue weighted by Crippen LogP contribution is 2.22.